The molecule has 0 bridgehead atoms. The minimum absolute atomic E-state index is 0.228. The van der Waals surface area contributed by atoms with Crippen molar-refractivity contribution in [3.05, 3.63) is 70.8 Å². The van der Waals surface area contributed by atoms with Gasteiger partial charge in [0.1, 0.15) is 0 Å². The number of hydrogen-bond acceptors (Lipinski definition) is 5. The first-order valence-corrected chi connectivity index (χ1v) is 14.1. The lowest BCUT2D eigenvalue weighted by molar-refractivity contribution is -0.118. The highest BCUT2D eigenvalue weighted by Crippen LogP contribution is 2.64. The summed E-state index contributed by atoms with van der Waals surface area (Å²) in [5.41, 5.74) is 13.3. The predicted octanol–water partition coefficient (Wildman–Crippen LogP) is 4.09. The zero-order chi connectivity index (χ0) is 25.0. The lowest BCUT2D eigenvalue weighted by Crippen LogP contribution is -2.37. The molecule has 6 nitrogen and oxygen atoms in total. The smallest absolute Gasteiger partial charge is 0.235 e. The number of ether oxygens (including phenoxy) is 1. The molecule has 2 saturated carbocycles. The van der Waals surface area contributed by atoms with Crippen molar-refractivity contribution < 1.29 is 9.53 Å². The zero-order valence-corrected chi connectivity index (χ0v) is 21.7. The van der Waals surface area contributed by atoms with Crippen LogP contribution in [0.15, 0.2) is 54.1 Å². The highest BCUT2D eigenvalue weighted by Gasteiger charge is 2.67. The summed E-state index contributed by atoms with van der Waals surface area (Å²) in [5, 5.41) is 3.15. The molecule has 3 N–H and O–H groups in total. The first-order chi connectivity index (χ1) is 18.1. The lowest BCUT2D eigenvalue weighted by Gasteiger charge is -2.34. The summed E-state index contributed by atoms with van der Waals surface area (Å²) in [4.78, 5) is 15.4. The Kier molecular flexibility index (Phi) is 5.96. The summed E-state index contributed by atoms with van der Waals surface area (Å²) in [6.45, 7) is 7.00. The molecular weight excluding hydrogens is 460 g/mol. The Morgan fingerprint density at radius 2 is 1.89 bits per heavy atom. The molecule has 2 aliphatic carbocycles. The van der Waals surface area contributed by atoms with Crippen LogP contribution in [0.25, 0.3) is 6.08 Å². The summed E-state index contributed by atoms with van der Waals surface area (Å²) in [5.74, 6) is 1.92. The van der Waals surface area contributed by atoms with Crippen LogP contribution in [-0.4, -0.2) is 49.2 Å². The molecule has 37 heavy (non-hydrogen) atoms. The van der Waals surface area contributed by atoms with Crippen molar-refractivity contribution in [3.63, 3.8) is 0 Å². The van der Waals surface area contributed by atoms with E-state index in [0.717, 1.165) is 51.4 Å². The third kappa shape index (κ3) is 4.15. The van der Waals surface area contributed by atoms with Gasteiger partial charge in [-0.05, 0) is 73.1 Å². The Labute approximate surface area is 219 Å². The van der Waals surface area contributed by atoms with Crippen molar-refractivity contribution in [2.24, 2.45) is 17.8 Å². The van der Waals surface area contributed by atoms with Crippen LogP contribution in [-0.2, 0) is 21.5 Å². The number of carbonyl (C=O) groups excluding carboxylic acids is 1. The number of anilines is 1. The number of para-hydroxylation sites is 1. The van der Waals surface area contributed by atoms with Crippen molar-refractivity contribution in [1.82, 2.24) is 15.8 Å². The van der Waals surface area contributed by atoms with E-state index in [2.05, 4.69) is 70.5 Å². The first-order valence-electron chi connectivity index (χ1n) is 14.1. The van der Waals surface area contributed by atoms with Gasteiger partial charge in [0.25, 0.3) is 0 Å². The van der Waals surface area contributed by atoms with Gasteiger partial charge in [0.05, 0.1) is 18.6 Å². The number of fused-ring (bicyclic) bond motifs is 3. The third-order valence-electron chi connectivity index (χ3n) is 9.82. The summed E-state index contributed by atoms with van der Waals surface area (Å²) in [7, 11) is 0. The van der Waals surface area contributed by atoms with Crippen LogP contribution in [0, 0.1) is 17.8 Å². The van der Waals surface area contributed by atoms with Crippen LogP contribution in [0.1, 0.15) is 49.3 Å². The number of rotatable bonds is 5. The minimum atomic E-state index is -0.261. The minimum Gasteiger partial charge on any atom is -0.379 e. The summed E-state index contributed by atoms with van der Waals surface area (Å²) < 4.78 is 5.47. The molecule has 194 valence electrons. The van der Waals surface area contributed by atoms with Gasteiger partial charge in [0.2, 0.25) is 5.91 Å². The normalized spacial score (nSPS) is 35.3. The van der Waals surface area contributed by atoms with Gasteiger partial charge in [-0.25, -0.2) is 0 Å². The van der Waals surface area contributed by atoms with E-state index >= 15 is 0 Å². The first kappa shape index (κ1) is 23.6. The Morgan fingerprint density at radius 3 is 2.73 bits per heavy atom. The lowest BCUT2D eigenvalue weighted by atomic mass is 9.72. The van der Waals surface area contributed by atoms with Gasteiger partial charge in [-0.3, -0.25) is 20.5 Å². The van der Waals surface area contributed by atoms with Gasteiger partial charge in [0, 0.05) is 37.4 Å². The fraction of sp³-hybridized carbons (Fsp3) is 0.516. The standard InChI is InChI=1S/C31H38N4O2/c1-20(16-21-6-8-22(9-7-21)19-35-12-14-37-15-13-35)29-24-11-10-23(17-28(24)33-34-29)26-18-31(26)25-4-2-3-5-27(25)32-30(31)36/h2-9,16,23-24,26,28-29,33-34H,10-15,17-19H2,1H3,(H,32,36)/b20-16+/t23?,24?,26-,28?,29?,31-/m0/s1. The molecule has 6 atom stereocenters. The number of hydrazine groups is 1. The Balaban J connectivity index is 0.984. The van der Waals surface area contributed by atoms with Crippen molar-refractivity contribution in [2.45, 2.75) is 56.7 Å². The van der Waals surface area contributed by atoms with E-state index in [4.69, 9.17) is 4.74 Å². The van der Waals surface area contributed by atoms with Crippen molar-refractivity contribution in [3.8, 4) is 0 Å². The van der Waals surface area contributed by atoms with Gasteiger partial charge in [0.15, 0.2) is 0 Å². The van der Waals surface area contributed by atoms with E-state index in [0.29, 0.717) is 29.8 Å². The summed E-state index contributed by atoms with van der Waals surface area (Å²) in [6.07, 6.45) is 6.93. The summed E-state index contributed by atoms with van der Waals surface area (Å²) >= 11 is 0. The molecule has 0 radical (unpaired) electrons. The average molecular weight is 499 g/mol. The third-order valence-corrected chi connectivity index (χ3v) is 9.82. The van der Waals surface area contributed by atoms with Gasteiger partial charge in [-0.15, -0.1) is 0 Å². The van der Waals surface area contributed by atoms with Crippen LogP contribution in [0.2, 0.25) is 0 Å². The molecule has 3 aliphatic heterocycles. The second kappa shape index (κ2) is 9.35. The molecule has 6 heteroatoms. The Hall–Kier alpha value is -2.51. The molecule has 3 heterocycles. The van der Waals surface area contributed by atoms with Crippen molar-refractivity contribution >= 4 is 17.7 Å². The molecule has 1 amide bonds. The van der Waals surface area contributed by atoms with E-state index < -0.39 is 0 Å². The second-order valence-corrected chi connectivity index (χ2v) is 11.9. The molecule has 4 unspecified atom stereocenters. The maximum atomic E-state index is 13.0. The topological polar surface area (TPSA) is 65.6 Å². The second-order valence-electron chi connectivity index (χ2n) is 11.9. The van der Waals surface area contributed by atoms with Crippen LogP contribution < -0.4 is 16.2 Å². The van der Waals surface area contributed by atoms with Gasteiger partial charge in [-0.2, -0.15) is 0 Å². The maximum Gasteiger partial charge on any atom is 0.235 e. The molecule has 2 aromatic carbocycles. The van der Waals surface area contributed by atoms with E-state index in [9.17, 15) is 4.79 Å². The number of morpholine rings is 1. The number of hydrogen-bond donors (Lipinski definition) is 3. The maximum absolute atomic E-state index is 13.0. The number of benzene rings is 2. The highest BCUT2D eigenvalue weighted by atomic mass is 16.5. The molecule has 0 aromatic heterocycles. The predicted molar refractivity (Wildman–Crippen MR) is 146 cm³/mol. The summed E-state index contributed by atoms with van der Waals surface area (Å²) in [6, 6.07) is 18.2. The van der Waals surface area contributed by atoms with Crippen LogP contribution >= 0.6 is 0 Å². The van der Waals surface area contributed by atoms with E-state index in [1.165, 1.54) is 35.1 Å². The van der Waals surface area contributed by atoms with Crippen LogP contribution in [0.4, 0.5) is 5.69 Å². The van der Waals surface area contributed by atoms with Gasteiger partial charge in [-0.1, -0.05) is 54.1 Å². The Bertz CT molecular complexity index is 1200. The molecular formula is C31H38N4O2. The Morgan fingerprint density at radius 1 is 1.08 bits per heavy atom. The van der Waals surface area contributed by atoms with Crippen LogP contribution in [0.5, 0.6) is 0 Å². The van der Waals surface area contributed by atoms with E-state index in [1.807, 2.05) is 12.1 Å². The fourth-order valence-corrected chi connectivity index (χ4v) is 7.77. The van der Waals surface area contributed by atoms with Gasteiger partial charge < -0.3 is 10.1 Å². The average Bonchev–Trinajstić information content (AvgIpc) is 3.44. The molecule has 2 aromatic rings. The van der Waals surface area contributed by atoms with E-state index in [-0.39, 0.29) is 11.3 Å². The molecule has 5 aliphatic rings. The molecule has 4 fully saturated rings. The van der Waals surface area contributed by atoms with Crippen LogP contribution in [0.3, 0.4) is 0 Å². The monoisotopic (exact) mass is 498 g/mol. The molecule has 1 spiro atoms. The largest absolute Gasteiger partial charge is 0.379 e. The SMILES string of the molecule is C/C(=C\c1ccc(CN2CCOCC2)cc1)C1NNC2CC([C@@H]3C[C@@]34C(=O)Nc3ccccc34)CCC21. The van der Waals surface area contributed by atoms with Crippen molar-refractivity contribution in [1.29, 1.82) is 0 Å². The zero-order valence-electron chi connectivity index (χ0n) is 21.7. The van der Waals surface area contributed by atoms with Gasteiger partial charge >= 0.3 is 0 Å². The number of nitrogens with one attached hydrogen (secondary N) is 3. The highest BCUT2D eigenvalue weighted by molar-refractivity contribution is 6.08. The van der Waals surface area contributed by atoms with E-state index in [1.54, 1.807) is 0 Å². The van der Waals surface area contributed by atoms with Crippen molar-refractivity contribution in [2.75, 3.05) is 31.6 Å². The number of nitrogens with zero attached hydrogens (tertiary/aromatic N) is 1. The number of carbonyl (C=O) groups is 1. The fourth-order valence-electron chi connectivity index (χ4n) is 7.77. The quantitative estimate of drug-likeness (QED) is 0.580. The number of amides is 1. The molecule has 2 saturated heterocycles. The molecule has 7 rings (SSSR count).